The van der Waals surface area contributed by atoms with Crippen LogP contribution in [0.25, 0.3) is 6.08 Å². The van der Waals surface area contributed by atoms with E-state index < -0.39 is 5.91 Å². The van der Waals surface area contributed by atoms with Gasteiger partial charge in [0.25, 0.3) is 5.91 Å². The second kappa shape index (κ2) is 4.27. The van der Waals surface area contributed by atoms with E-state index in [0.717, 1.165) is 0 Å². The molecule has 74 valence electrons. The van der Waals surface area contributed by atoms with Gasteiger partial charge in [-0.2, -0.15) is 4.99 Å². The van der Waals surface area contributed by atoms with Crippen molar-refractivity contribution in [3.05, 3.63) is 29.7 Å². The summed E-state index contributed by atoms with van der Waals surface area (Å²) in [5.74, 6) is -0.134. The highest BCUT2D eigenvalue weighted by atomic mass is 16.3. The Morgan fingerprint density at radius 3 is 2.79 bits per heavy atom. The molecule has 0 atom stereocenters. The van der Waals surface area contributed by atoms with Crippen LogP contribution in [0.15, 0.2) is 33.4 Å². The lowest BCUT2D eigenvalue weighted by Crippen LogP contribution is -2.24. The number of carbonyl (C=O) groups is 1. The first-order valence-corrected chi connectivity index (χ1v) is 3.95. The van der Waals surface area contributed by atoms with Gasteiger partial charge in [0.2, 0.25) is 0 Å². The SMILES string of the molecule is C/C(=C\c1ccco1)C(=O)N=C(N)N. The van der Waals surface area contributed by atoms with Crippen molar-refractivity contribution in [1.82, 2.24) is 0 Å². The Kier molecular flexibility index (Phi) is 3.06. The third-order valence-corrected chi connectivity index (χ3v) is 1.47. The smallest absolute Gasteiger partial charge is 0.275 e. The van der Waals surface area contributed by atoms with Gasteiger partial charge in [-0.05, 0) is 25.1 Å². The van der Waals surface area contributed by atoms with Crippen LogP contribution in [0.3, 0.4) is 0 Å². The third-order valence-electron chi connectivity index (χ3n) is 1.47. The Labute approximate surface area is 81.1 Å². The summed E-state index contributed by atoms with van der Waals surface area (Å²) >= 11 is 0. The first kappa shape index (κ1) is 10.0. The molecule has 1 aromatic heterocycles. The minimum absolute atomic E-state index is 0.248. The van der Waals surface area contributed by atoms with Crippen molar-refractivity contribution in [2.45, 2.75) is 6.92 Å². The van der Waals surface area contributed by atoms with E-state index in [2.05, 4.69) is 4.99 Å². The van der Waals surface area contributed by atoms with Crippen LogP contribution in [-0.4, -0.2) is 11.9 Å². The predicted molar refractivity (Wildman–Crippen MR) is 53.2 cm³/mol. The van der Waals surface area contributed by atoms with Crippen LogP contribution < -0.4 is 11.5 Å². The zero-order valence-electron chi connectivity index (χ0n) is 7.73. The molecule has 14 heavy (non-hydrogen) atoms. The Balaban J connectivity index is 2.80. The molecule has 1 rings (SSSR count). The van der Waals surface area contributed by atoms with Crippen molar-refractivity contribution in [1.29, 1.82) is 0 Å². The lowest BCUT2D eigenvalue weighted by molar-refractivity contribution is -0.114. The fraction of sp³-hybridized carbons (Fsp3) is 0.111. The average Bonchev–Trinajstić information content (AvgIpc) is 2.55. The van der Waals surface area contributed by atoms with Crippen LogP contribution in [0.5, 0.6) is 0 Å². The number of carbonyl (C=O) groups excluding carboxylic acids is 1. The molecule has 0 aliphatic heterocycles. The molecule has 0 unspecified atom stereocenters. The maximum atomic E-state index is 11.2. The number of hydrogen-bond acceptors (Lipinski definition) is 2. The summed E-state index contributed by atoms with van der Waals surface area (Å²) in [5.41, 5.74) is 10.5. The summed E-state index contributed by atoms with van der Waals surface area (Å²) in [6.45, 7) is 1.61. The molecule has 0 aromatic carbocycles. The van der Waals surface area contributed by atoms with E-state index in [9.17, 15) is 4.79 Å². The maximum Gasteiger partial charge on any atom is 0.275 e. The van der Waals surface area contributed by atoms with Crippen molar-refractivity contribution < 1.29 is 9.21 Å². The molecular weight excluding hydrogens is 182 g/mol. The lowest BCUT2D eigenvalue weighted by atomic mass is 10.2. The molecule has 0 spiro atoms. The van der Waals surface area contributed by atoms with Gasteiger partial charge in [-0.15, -0.1) is 0 Å². The summed E-state index contributed by atoms with van der Waals surface area (Å²) in [6, 6.07) is 3.45. The van der Waals surface area contributed by atoms with Gasteiger partial charge in [0.05, 0.1) is 6.26 Å². The Hall–Kier alpha value is -2.04. The van der Waals surface area contributed by atoms with Gasteiger partial charge in [0, 0.05) is 5.57 Å². The first-order chi connectivity index (χ1) is 6.59. The maximum absolute atomic E-state index is 11.2. The van der Waals surface area contributed by atoms with Gasteiger partial charge < -0.3 is 15.9 Å². The molecular formula is C9H11N3O2. The van der Waals surface area contributed by atoms with Gasteiger partial charge in [-0.25, -0.2) is 0 Å². The summed E-state index contributed by atoms with van der Waals surface area (Å²) in [4.78, 5) is 14.6. The van der Waals surface area contributed by atoms with Crippen LogP contribution in [0.2, 0.25) is 0 Å². The topological polar surface area (TPSA) is 94.6 Å². The molecule has 0 bridgehead atoms. The fourth-order valence-corrected chi connectivity index (χ4v) is 0.854. The molecule has 5 nitrogen and oxygen atoms in total. The van der Waals surface area contributed by atoms with E-state index >= 15 is 0 Å². The summed E-state index contributed by atoms with van der Waals surface area (Å²) in [6.07, 6.45) is 3.08. The molecule has 1 heterocycles. The zero-order chi connectivity index (χ0) is 10.6. The number of aliphatic imine (C=N–C) groups is 1. The quantitative estimate of drug-likeness (QED) is 0.406. The fourth-order valence-electron chi connectivity index (χ4n) is 0.854. The van der Waals surface area contributed by atoms with Crippen molar-refractivity contribution in [3.63, 3.8) is 0 Å². The van der Waals surface area contributed by atoms with E-state index in [-0.39, 0.29) is 5.96 Å². The highest BCUT2D eigenvalue weighted by molar-refractivity contribution is 6.03. The zero-order valence-corrected chi connectivity index (χ0v) is 7.73. The molecule has 0 radical (unpaired) electrons. The van der Waals surface area contributed by atoms with E-state index in [1.165, 1.54) is 6.26 Å². The largest absolute Gasteiger partial charge is 0.465 e. The van der Waals surface area contributed by atoms with Crippen LogP contribution in [0.4, 0.5) is 0 Å². The highest BCUT2D eigenvalue weighted by Gasteiger charge is 2.03. The number of guanidine groups is 1. The highest BCUT2D eigenvalue weighted by Crippen LogP contribution is 2.07. The van der Waals surface area contributed by atoms with Gasteiger partial charge in [0.15, 0.2) is 5.96 Å². The number of furan rings is 1. The number of hydrogen-bond donors (Lipinski definition) is 2. The monoisotopic (exact) mass is 193 g/mol. The molecule has 1 aromatic rings. The minimum atomic E-state index is -0.471. The van der Waals surface area contributed by atoms with Crippen molar-refractivity contribution >= 4 is 17.9 Å². The Morgan fingerprint density at radius 2 is 2.29 bits per heavy atom. The molecule has 4 N–H and O–H groups in total. The van der Waals surface area contributed by atoms with Gasteiger partial charge in [-0.1, -0.05) is 0 Å². The molecule has 0 aliphatic carbocycles. The molecule has 0 fully saturated rings. The number of nitrogens with zero attached hydrogens (tertiary/aromatic N) is 1. The lowest BCUT2D eigenvalue weighted by Gasteiger charge is -1.93. The first-order valence-electron chi connectivity index (χ1n) is 3.95. The second-order valence-electron chi connectivity index (χ2n) is 2.68. The van der Waals surface area contributed by atoms with E-state index in [4.69, 9.17) is 15.9 Å². The van der Waals surface area contributed by atoms with E-state index in [1.807, 2.05) is 0 Å². The molecule has 0 saturated heterocycles. The average molecular weight is 193 g/mol. The molecule has 0 saturated carbocycles. The van der Waals surface area contributed by atoms with Gasteiger partial charge >= 0.3 is 0 Å². The van der Waals surface area contributed by atoms with Crippen LogP contribution in [0, 0.1) is 0 Å². The number of amides is 1. The van der Waals surface area contributed by atoms with E-state index in [1.54, 1.807) is 25.1 Å². The standard InChI is InChI=1S/C9H11N3O2/c1-6(8(13)12-9(10)11)5-7-3-2-4-14-7/h2-5H,1H3,(H4,10,11,12,13)/b6-5+. The van der Waals surface area contributed by atoms with Gasteiger partial charge in [-0.3, -0.25) is 4.79 Å². The van der Waals surface area contributed by atoms with Crippen LogP contribution in [-0.2, 0) is 4.79 Å². The molecule has 0 aliphatic rings. The van der Waals surface area contributed by atoms with Crippen LogP contribution >= 0.6 is 0 Å². The normalized spacial score (nSPS) is 11.1. The number of nitrogens with two attached hydrogens (primary N) is 2. The summed E-state index contributed by atoms with van der Waals surface area (Å²) < 4.78 is 5.02. The summed E-state index contributed by atoms with van der Waals surface area (Å²) in [7, 11) is 0. The Morgan fingerprint density at radius 1 is 1.57 bits per heavy atom. The number of rotatable bonds is 2. The predicted octanol–water partition coefficient (Wildman–Crippen LogP) is 0.483. The van der Waals surface area contributed by atoms with Gasteiger partial charge in [0.1, 0.15) is 5.76 Å². The van der Waals surface area contributed by atoms with Crippen molar-refractivity contribution in [2.75, 3.05) is 0 Å². The van der Waals surface area contributed by atoms with Crippen LogP contribution in [0.1, 0.15) is 12.7 Å². The van der Waals surface area contributed by atoms with Crippen molar-refractivity contribution in [3.8, 4) is 0 Å². The summed E-state index contributed by atoms with van der Waals surface area (Å²) in [5, 5.41) is 0. The minimum Gasteiger partial charge on any atom is -0.465 e. The van der Waals surface area contributed by atoms with Crippen molar-refractivity contribution in [2.24, 2.45) is 16.5 Å². The molecule has 5 heteroatoms. The van der Waals surface area contributed by atoms with E-state index in [0.29, 0.717) is 11.3 Å². The molecule has 1 amide bonds. The third kappa shape index (κ3) is 2.78. The second-order valence-corrected chi connectivity index (χ2v) is 2.68. The Bertz CT molecular complexity index is 373.